The molecule has 0 amide bonds. The van der Waals surface area contributed by atoms with Gasteiger partial charge in [0.05, 0.1) is 6.54 Å². The molecule has 1 heterocycles. The van der Waals surface area contributed by atoms with E-state index in [1.807, 2.05) is 25.7 Å². The van der Waals surface area contributed by atoms with E-state index >= 15 is 0 Å². The van der Waals surface area contributed by atoms with Crippen LogP contribution in [0.3, 0.4) is 0 Å². The lowest BCUT2D eigenvalue weighted by Crippen LogP contribution is -2.50. The summed E-state index contributed by atoms with van der Waals surface area (Å²) in [7, 11) is 0. The largest absolute Gasteiger partial charge is 0.295 e. The number of piperidine rings is 1. The van der Waals surface area contributed by atoms with Crippen molar-refractivity contribution in [2.24, 2.45) is 5.92 Å². The first-order chi connectivity index (χ1) is 6.47. The minimum Gasteiger partial charge on any atom is -0.295 e. The number of rotatable bonds is 3. The van der Waals surface area contributed by atoms with E-state index in [-0.39, 0.29) is 18.5 Å². The van der Waals surface area contributed by atoms with Gasteiger partial charge in [0.25, 0.3) is 5.92 Å². The molecule has 1 saturated heterocycles. The molecule has 0 aromatic carbocycles. The topological polar surface area (TPSA) is 3.24 Å². The van der Waals surface area contributed by atoms with E-state index in [1.165, 1.54) is 0 Å². The Labute approximate surface area is 85.5 Å². The Morgan fingerprint density at radius 3 is 2.50 bits per heavy atom. The minimum atomic E-state index is -2.47. The second kappa shape index (κ2) is 4.56. The molecule has 1 atom stereocenters. The predicted octanol–water partition coefficient (Wildman–Crippen LogP) is 3.15. The van der Waals surface area contributed by atoms with Crippen molar-refractivity contribution in [2.45, 2.75) is 52.0 Å². The van der Waals surface area contributed by atoms with E-state index in [4.69, 9.17) is 0 Å². The number of nitrogens with zero attached hydrogens (tertiary/aromatic N) is 1. The first-order valence-corrected chi connectivity index (χ1v) is 5.59. The average molecular weight is 205 g/mol. The number of likely N-dealkylation sites (tertiary alicyclic amines) is 1. The van der Waals surface area contributed by atoms with Crippen molar-refractivity contribution in [1.82, 2.24) is 4.90 Å². The Hall–Kier alpha value is -0.180. The highest BCUT2D eigenvalue weighted by atomic mass is 19.3. The van der Waals surface area contributed by atoms with Crippen molar-refractivity contribution in [3.05, 3.63) is 0 Å². The Morgan fingerprint density at radius 1 is 1.43 bits per heavy atom. The van der Waals surface area contributed by atoms with Crippen LogP contribution in [0.4, 0.5) is 8.78 Å². The summed E-state index contributed by atoms with van der Waals surface area (Å²) < 4.78 is 27.2. The molecular weight excluding hydrogens is 184 g/mol. The van der Waals surface area contributed by atoms with E-state index < -0.39 is 5.92 Å². The summed E-state index contributed by atoms with van der Waals surface area (Å²) in [6.45, 7) is 6.73. The fraction of sp³-hybridized carbons (Fsp3) is 1.00. The lowest BCUT2D eigenvalue weighted by Gasteiger charge is -2.40. The van der Waals surface area contributed by atoms with Gasteiger partial charge in [0.15, 0.2) is 0 Å². The SMILES string of the molecule is CCCC1CCN(C(C)C)CC1(F)F. The lowest BCUT2D eigenvalue weighted by molar-refractivity contribution is -0.119. The highest BCUT2D eigenvalue weighted by Crippen LogP contribution is 2.36. The maximum Gasteiger partial charge on any atom is 0.263 e. The maximum absolute atomic E-state index is 13.6. The average Bonchev–Trinajstić information content (AvgIpc) is 2.08. The van der Waals surface area contributed by atoms with Gasteiger partial charge in [-0.15, -0.1) is 0 Å². The zero-order valence-corrected chi connectivity index (χ0v) is 9.39. The smallest absolute Gasteiger partial charge is 0.263 e. The van der Waals surface area contributed by atoms with Crippen LogP contribution < -0.4 is 0 Å². The second-order valence-electron chi connectivity index (χ2n) is 4.60. The van der Waals surface area contributed by atoms with Gasteiger partial charge in [0.2, 0.25) is 0 Å². The molecule has 3 heteroatoms. The number of hydrogen-bond acceptors (Lipinski definition) is 1. The number of hydrogen-bond donors (Lipinski definition) is 0. The van der Waals surface area contributed by atoms with Gasteiger partial charge in [-0.05, 0) is 33.2 Å². The van der Waals surface area contributed by atoms with Gasteiger partial charge >= 0.3 is 0 Å². The van der Waals surface area contributed by atoms with Crippen LogP contribution in [0.25, 0.3) is 0 Å². The Kier molecular flexibility index (Phi) is 3.87. The van der Waals surface area contributed by atoms with Gasteiger partial charge < -0.3 is 0 Å². The lowest BCUT2D eigenvalue weighted by atomic mass is 9.88. The quantitative estimate of drug-likeness (QED) is 0.684. The van der Waals surface area contributed by atoms with Gasteiger partial charge in [0.1, 0.15) is 0 Å². The van der Waals surface area contributed by atoms with Gasteiger partial charge in [-0.25, -0.2) is 8.78 Å². The van der Waals surface area contributed by atoms with Crippen molar-refractivity contribution in [3.63, 3.8) is 0 Å². The molecule has 0 radical (unpaired) electrons. The van der Waals surface area contributed by atoms with Gasteiger partial charge in [0, 0.05) is 12.0 Å². The molecule has 0 spiro atoms. The number of alkyl halides is 2. The number of halogens is 2. The highest BCUT2D eigenvalue weighted by Gasteiger charge is 2.44. The molecular formula is C11H21F2N. The summed E-state index contributed by atoms with van der Waals surface area (Å²) >= 11 is 0. The van der Waals surface area contributed by atoms with Crippen LogP contribution in [0.5, 0.6) is 0 Å². The van der Waals surface area contributed by atoms with E-state index in [0.717, 1.165) is 13.0 Å². The predicted molar refractivity (Wildman–Crippen MR) is 54.7 cm³/mol. The van der Waals surface area contributed by atoms with Crippen molar-refractivity contribution in [1.29, 1.82) is 0 Å². The first kappa shape index (κ1) is 11.9. The molecule has 0 aliphatic carbocycles. The van der Waals surface area contributed by atoms with Gasteiger partial charge in [-0.1, -0.05) is 13.3 Å². The van der Waals surface area contributed by atoms with Crippen LogP contribution in [0.1, 0.15) is 40.0 Å². The Balaban J connectivity index is 2.56. The van der Waals surface area contributed by atoms with E-state index in [9.17, 15) is 8.78 Å². The minimum absolute atomic E-state index is 0.0463. The monoisotopic (exact) mass is 205 g/mol. The van der Waals surface area contributed by atoms with Crippen molar-refractivity contribution < 1.29 is 8.78 Å². The molecule has 84 valence electrons. The van der Waals surface area contributed by atoms with E-state index in [0.29, 0.717) is 12.8 Å². The molecule has 0 aromatic heterocycles. The standard InChI is InChI=1S/C11H21F2N/c1-4-5-10-6-7-14(9(2)3)8-11(10,12)13/h9-10H,4-8H2,1-3H3. The van der Waals surface area contributed by atoms with Crippen molar-refractivity contribution in [3.8, 4) is 0 Å². The van der Waals surface area contributed by atoms with Crippen molar-refractivity contribution in [2.75, 3.05) is 13.1 Å². The van der Waals surface area contributed by atoms with Crippen LogP contribution in [0.15, 0.2) is 0 Å². The molecule has 1 nitrogen and oxygen atoms in total. The van der Waals surface area contributed by atoms with E-state index in [2.05, 4.69) is 0 Å². The summed E-state index contributed by atoms with van der Waals surface area (Å²) in [5, 5.41) is 0. The third-order valence-corrected chi connectivity index (χ3v) is 3.14. The zero-order valence-electron chi connectivity index (χ0n) is 9.39. The van der Waals surface area contributed by atoms with Crippen molar-refractivity contribution >= 4 is 0 Å². The fourth-order valence-electron chi connectivity index (χ4n) is 2.16. The molecule has 0 saturated carbocycles. The normalized spacial score (nSPS) is 28.3. The van der Waals surface area contributed by atoms with Crippen LogP contribution >= 0.6 is 0 Å². The third kappa shape index (κ3) is 2.66. The Bertz CT molecular complexity index is 180. The van der Waals surface area contributed by atoms with Crippen LogP contribution in [0.2, 0.25) is 0 Å². The zero-order chi connectivity index (χ0) is 10.8. The van der Waals surface area contributed by atoms with Gasteiger partial charge in [-0.3, -0.25) is 4.90 Å². The molecule has 0 aromatic rings. The Morgan fingerprint density at radius 2 is 2.07 bits per heavy atom. The molecule has 1 aliphatic heterocycles. The van der Waals surface area contributed by atoms with Crippen LogP contribution in [-0.4, -0.2) is 30.0 Å². The second-order valence-corrected chi connectivity index (χ2v) is 4.60. The van der Waals surface area contributed by atoms with E-state index in [1.54, 1.807) is 0 Å². The molecule has 1 fully saturated rings. The highest BCUT2D eigenvalue weighted by molar-refractivity contribution is 4.87. The molecule has 1 unspecified atom stereocenters. The van der Waals surface area contributed by atoms with Gasteiger partial charge in [-0.2, -0.15) is 0 Å². The fourth-order valence-corrected chi connectivity index (χ4v) is 2.16. The first-order valence-electron chi connectivity index (χ1n) is 5.59. The molecule has 0 N–H and O–H groups in total. The summed E-state index contributed by atoms with van der Waals surface area (Å²) in [6.07, 6.45) is 2.18. The van der Waals surface area contributed by atoms with Crippen LogP contribution in [-0.2, 0) is 0 Å². The molecule has 14 heavy (non-hydrogen) atoms. The third-order valence-electron chi connectivity index (χ3n) is 3.14. The summed E-state index contributed by atoms with van der Waals surface area (Å²) in [4.78, 5) is 1.88. The summed E-state index contributed by atoms with van der Waals surface area (Å²) in [5.41, 5.74) is 0. The summed E-state index contributed by atoms with van der Waals surface area (Å²) in [5.74, 6) is -2.86. The molecule has 1 aliphatic rings. The maximum atomic E-state index is 13.6. The molecule has 1 rings (SSSR count). The molecule has 0 bridgehead atoms. The van der Waals surface area contributed by atoms with Crippen LogP contribution in [0, 0.1) is 5.92 Å². The summed E-state index contributed by atoms with van der Waals surface area (Å²) in [6, 6.07) is 0.239.